The summed E-state index contributed by atoms with van der Waals surface area (Å²) in [4.78, 5) is 36.8. The van der Waals surface area contributed by atoms with Crippen LogP contribution in [0.15, 0.2) is 48.5 Å². The van der Waals surface area contributed by atoms with Crippen molar-refractivity contribution in [1.82, 2.24) is 10.9 Å². The van der Waals surface area contributed by atoms with E-state index in [4.69, 9.17) is 4.74 Å². The average molecular weight is 424 g/mol. The van der Waals surface area contributed by atoms with Crippen LogP contribution in [0.2, 0.25) is 0 Å². The molecule has 2 aromatic carbocycles. The van der Waals surface area contributed by atoms with Gasteiger partial charge in [0.25, 0.3) is 11.8 Å². The highest BCUT2D eigenvalue weighted by Crippen LogP contribution is 2.25. The van der Waals surface area contributed by atoms with Gasteiger partial charge in [0.05, 0.1) is 0 Å². The lowest BCUT2D eigenvalue weighted by atomic mass is 9.88. The Morgan fingerprint density at radius 2 is 1.55 bits per heavy atom. The Morgan fingerprint density at radius 3 is 2.19 bits per heavy atom. The third-order valence-corrected chi connectivity index (χ3v) is 5.39. The van der Waals surface area contributed by atoms with E-state index in [1.807, 2.05) is 19.1 Å². The number of hydrogen-bond acceptors (Lipinski definition) is 4. The molecule has 0 heterocycles. The summed E-state index contributed by atoms with van der Waals surface area (Å²) in [5.41, 5.74) is 6.86. The molecule has 0 aliphatic heterocycles. The summed E-state index contributed by atoms with van der Waals surface area (Å²) < 4.78 is 5.57. The molecule has 0 aromatic heterocycles. The highest BCUT2D eigenvalue weighted by atomic mass is 16.5. The predicted octanol–water partition coefficient (Wildman–Crippen LogP) is 3.74. The Balaban J connectivity index is 1.45. The largest absolute Gasteiger partial charge is 0.481 e. The Hall–Kier alpha value is -3.35. The minimum atomic E-state index is -0.777. The smallest absolute Gasteiger partial charge is 0.279 e. The molecule has 1 unspecified atom stereocenters. The first-order valence-electron chi connectivity index (χ1n) is 10.7. The maximum absolute atomic E-state index is 12.3. The normalized spacial score (nSPS) is 14.9. The summed E-state index contributed by atoms with van der Waals surface area (Å²) in [5.74, 6) is -0.250. The van der Waals surface area contributed by atoms with Crippen LogP contribution >= 0.6 is 0 Å². The number of hydrazine groups is 1. The molecule has 0 bridgehead atoms. The Morgan fingerprint density at radius 1 is 0.903 bits per heavy atom. The number of ether oxygens (including phenoxy) is 1. The summed E-state index contributed by atoms with van der Waals surface area (Å²) in [6, 6.07) is 13.9. The second kappa shape index (κ2) is 10.6. The maximum Gasteiger partial charge on any atom is 0.279 e. The Labute approximate surface area is 182 Å². The van der Waals surface area contributed by atoms with Crippen molar-refractivity contribution in [2.75, 3.05) is 5.32 Å². The number of amides is 3. The second-order valence-corrected chi connectivity index (χ2v) is 7.92. The van der Waals surface area contributed by atoms with E-state index in [0.29, 0.717) is 17.0 Å². The van der Waals surface area contributed by atoms with Crippen LogP contribution in [0.4, 0.5) is 5.69 Å². The first kappa shape index (κ1) is 22.3. The highest BCUT2D eigenvalue weighted by molar-refractivity contribution is 5.97. The average Bonchev–Trinajstić information content (AvgIpc) is 2.79. The van der Waals surface area contributed by atoms with Crippen LogP contribution in [-0.2, 0) is 9.59 Å². The van der Waals surface area contributed by atoms with Crippen molar-refractivity contribution in [3.05, 3.63) is 59.7 Å². The fraction of sp³-hybridized carbons (Fsp3) is 0.375. The molecule has 0 saturated heterocycles. The highest BCUT2D eigenvalue weighted by Gasteiger charge is 2.21. The fourth-order valence-electron chi connectivity index (χ4n) is 3.48. The lowest BCUT2D eigenvalue weighted by molar-refractivity contribution is -0.128. The van der Waals surface area contributed by atoms with Crippen LogP contribution in [0.5, 0.6) is 5.75 Å². The van der Waals surface area contributed by atoms with Gasteiger partial charge in [-0.25, -0.2) is 0 Å². The minimum Gasteiger partial charge on any atom is -0.481 e. The van der Waals surface area contributed by atoms with E-state index in [2.05, 4.69) is 16.2 Å². The van der Waals surface area contributed by atoms with Crippen molar-refractivity contribution in [3.8, 4) is 5.75 Å². The summed E-state index contributed by atoms with van der Waals surface area (Å²) in [5, 5.41) is 2.91. The van der Waals surface area contributed by atoms with Crippen LogP contribution in [0.1, 0.15) is 54.9 Å². The molecule has 164 valence electrons. The zero-order chi connectivity index (χ0) is 22.2. The Kier molecular flexibility index (Phi) is 7.65. The van der Waals surface area contributed by atoms with Crippen LogP contribution in [0.3, 0.4) is 0 Å². The van der Waals surface area contributed by atoms with Crippen LogP contribution < -0.4 is 20.9 Å². The topological polar surface area (TPSA) is 96.5 Å². The van der Waals surface area contributed by atoms with Crippen molar-refractivity contribution >= 4 is 23.4 Å². The van der Waals surface area contributed by atoms with E-state index in [1.54, 1.807) is 43.3 Å². The van der Waals surface area contributed by atoms with Gasteiger partial charge in [0.1, 0.15) is 5.75 Å². The molecule has 0 radical (unpaired) electrons. The molecule has 1 saturated carbocycles. The molecule has 1 aliphatic rings. The van der Waals surface area contributed by atoms with Gasteiger partial charge in [-0.2, -0.15) is 0 Å². The zero-order valence-electron chi connectivity index (χ0n) is 17.9. The molecule has 7 heteroatoms. The molecule has 7 nitrogen and oxygen atoms in total. The third kappa shape index (κ3) is 6.57. The van der Waals surface area contributed by atoms with Gasteiger partial charge in [-0.05, 0) is 63.1 Å². The maximum atomic E-state index is 12.3. The summed E-state index contributed by atoms with van der Waals surface area (Å²) in [6.07, 6.45) is 4.46. The van der Waals surface area contributed by atoms with E-state index in [9.17, 15) is 14.4 Å². The van der Waals surface area contributed by atoms with Gasteiger partial charge in [0.2, 0.25) is 5.91 Å². The van der Waals surface area contributed by atoms with Gasteiger partial charge in [-0.3, -0.25) is 25.2 Å². The number of rotatable bonds is 6. The van der Waals surface area contributed by atoms with E-state index >= 15 is 0 Å². The molecule has 3 N–H and O–H groups in total. The van der Waals surface area contributed by atoms with E-state index < -0.39 is 17.9 Å². The SMILES string of the molecule is Cc1ccc(OC(C)C(=O)NNC(=O)c2ccc(NC(=O)C3CCCCC3)cc2)cc1. The van der Waals surface area contributed by atoms with Crippen molar-refractivity contribution in [2.24, 2.45) is 5.92 Å². The van der Waals surface area contributed by atoms with Gasteiger partial charge in [-0.1, -0.05) is 37.0 Å². The molecular weight excluding hydrogens is 394 g/mol. The number of anilines is 1. The molecular formula is C24H29N3O4. The quantitative estimate of drug-likeness (QED) is 0.617. The van der Waals surface area contributed by atoms with Crippen LogP contribution in [-0.4, -0.2) is 23.8 Å². The van der Waals surface area contributed by atoms with E-state index in [-0.39, 0.29) is 11.8 Å². The van der Waals surface area contributed by atoms with Gasteiger partial charge < -0.3 is 10.1 Å². The van der Waals surface area contributed by atoms with Crippen molar-refractivity contribution in [2.45, 2.75) is 52.1 Å². The van der Waals surface area contributed by atoms with Crippen LogP contribution in [0.25, 0.3) is 0 Å². The number of aryl methyl sites for hydroxylation is 1. The van der Waals surface area contributed by atoms with E-state index in [1.165, 1.54) is 6.42 Å². The zero-order valence-corrected chi connectivity index (χ0v) is 17.9. The number of carbonyl (C=O) groups excluding carboxylic acids is 3. The van der Waals surface area contributed by atoms with Gasteiger partial charge in [0, 0.05) is 17.2 Å². The number of carbonyl (C=O) groups is 3. The van der Waals surface area contributed by atoms with Crippen molar-refractivity contribution in [1.29, 1.82) is 0 Å². The monoisotopic (exact) mass is 423 g/mol. The number of hydrogen-bond donors (Lipinski definition) is 3. The Bertz CT molecular complexity index is 903. The lowest BCUT2D eigenvalue weighted by Crippen LogP contribution is -2.47. The standard InChI is InChI=1S/C24H29N3O4/c1-16-8-14-21(15-9-16)31-17(2)22(28)26-27-24(30)19-10-12-20(13-11-19)25-23(29)18-6-4-3-5-7-18/h8-15,17-18H,3-7H2,1-2H3,(H,25,29)(H,26,28)(H,27,30). The number of benzene rings is 2. The van der Waals surface area contributed by atoms with Crippen molar-refractivity contribution < 1.29 is 19.1 Å². The summed E-state index contributed by atoms with van der Waals surface area (Å²) in [6.45, 7) is 3.57. The molecule has 2 aromatic rings. The third-order valence-electron chi connectivity index (χ3n) is 5.39. The number of nitrogens with one attached hydrogen (secondary N) is 3. The molecule has 1 fully saturated rings. The fourth-order valence-corrected chi connectivity index (χ4v) is 3.48. The van der Waals surface area contributed by atoms with Crippen molar-refractivity contribution in [3.63, 3.8) is 0 Å². The molecule has 31 heavy (non-hydrogen) atoms. The molecule has 1 aliphatic carbocycles. The lowest BCUT2D eigenvalue weighted by Gasteiger charge is -2.20. The van der Waals surface area contributed by atoms with E-state index in [0.717, 1.165) is 31.2 Å². The van der Waals surface area contributed by atoms with Gasteiger partial charge in [-0.15, -0.1) is 0 Å². The second-order valence-electron chi connectivity index (χ2n) is 7.92. The molecule has 3 rings (SSSR count). The van der Waals surface area contributed by atoms with Gasteiger partial charge in [0.15, 0.2) is 6.10 Å². The molecule has 0 spiro atoms. The molecule has 3 amide bonds. The van der Waals surface area contributed by atoms with Crippen LogP contribution in [0, 0.1) is 12.8 Å². The summed E-state index contributed by atoms with van der Waals surface area (Å²) in [7, 11) is 0. The minimum absolute atomic E-state index is 0.0340. The summed E-state index contributed by atoms with van der Waals surface area (Å²) >= 11 is 0. The first-order valence-corrected chi connectivity index (χ1v) is 10.7. The van der Waals surface area contributed by atoms with Gasteiger partial charge >= 0.3 is 0 Å². The molecule has 1 atom stereocenters. The predicted molar refractivity (Wildman–Crippen MR) is 119 cm³/mol. The first-order chi connectivity index (χ1) is 14.9.